The van der Waals surface area contributed by atoms with Gasteiger partial charge >= 0.3 is 5.97 Å². The molecule has 2 saturated heterocycles. The first-order valence-electron chi connectivity index (χ1n) is 9.69. The van der Waals surface area contributed by atoms with E-state index in [-0.39, 0.29) is 23.4 Å². The highest BCUT2D eigenvalue weighted by atomic mass is 19.1. The van der Waals surface area contributed by atoms with E-state index >= 15 is 4.39 Å². The number of aromatic carboxylic acids is 1. The highest BCUT2D eigenvalue weighted by Crippen LogP contribution is 2.43. The van der Waals surface area contributed by atoms with Gasteiger partial charge in [0.25, 0.3) is 0 Å². The predicted octanol–water partition coefficient (Wildman–Crippen LogP) is 1.68. The van der Waals surface area contributed by atoms with Crippen molar-refractivity contribution in [1.82, 2.24) is 4.57 Å². The second-order valence-electron chi connectivity index (χ2n) is 8.21. The summed E-state index contributed by atoms with van der Waals surface area (Å²) in [5.74, 6) is -1.85. The molecule has 0 amide bonds. The number of hydrogen-bond acceptors (Lipinski definition) is 5. The molecule has 3 fully saturated rings. The van der Waals surface area contributed by atoms with E-state index in [4.69, 9.17) is 10.5 Å². The SMILES string of the molecule is NCC12CN(c3cc4c(cc3F)c(=O)c(C(=O)O)cn4[C@@H]3C[C@@H]3F)CC1CCO2. The molecule has 2 aliphatic heterocycles. The second-order valence-corrected chi connectivity index (χ2v) is 8.21. The van der Waals surface area contributed by atoms with E-state index in [0.29, 0.717) is 31.8 Å². The molecule has 0 bridgehead atoms. The van der Waals surface area contributed by atoms with Gasteiger partial charge in [-0.25, -0.2) is 13.6 Å². The number of nitrogens with zero attached hydrogens (tertiary/aromatic N) is 2. The van der Waals surface area contributed by atoms with Crippen molar-refractivity contribution >= 4 is 22.6 Å². The maximum atomic E-state index is 15.0. The number of carboxylic acid groups (broad SMARTS) is 1. The van der Waals surface area contributed by atoms with E-state index in [9.17, 15) is 19.1 Å². The molecule has 3 aliphatic rings. The van der Waals surface area contributed by atoms with Gasteiger partial charge in [-0.15, -0.1) is 0 Å². The minimum absolute atomic E-state index is 0.0607. The number of fused-ring (bicyclic) bond motifs is 2. The lowest BCUT2D eigenvalue weighted by molar-refractivity contribution is 0.0126. The van der Waals surface area contributed by atoms with Crippen molar-refractivity contribution in [3.05, 3.63) is 39.9 Å². The minimum atomic E-state index is -1.42. The molecule has 5 rings (SSSR count). The van der Waals surface area contributed by atoms with E-state index in [1.165, 1.54) is 16.8 Å². The van der Waals surface area contributed by atoms with Crippen molar-refractivity contribution in [2.24, 2.45) is 11.7 Å². The molecule has 1 aromatic carbocycles. The highest BCUT2D eigenvalue weighted by molar-refractivity contribution is 5.93. The first-order chi connectivity index (χ1) is 13.8. The smallest absolute Gasteiger partial charge is 0.341 e. The molecule has 2 unspecified atom stereocenters. The number of nitrogens with two attached hydrogens (primary N) is 1. The van der Waals surface area contributed by atoms with Crippen LogP contribution in [-0.2, 0) is 4.74 Å². The van der Waals surface area contributed by atoms with Crippen molar-refractivity contribution < 1.29 is 23.4 Å². The van der Waals surface area contributed by atoms with Crippen LogP contribution in [0.1, 0.15) is 29.2 Å². The van der Waals surface area contributed by atoms with Gasteiger partial charge in [0.05, 0.1) is 17.2 Å². The number of halogens is 2. The molecular weight excluding hydrogens is 384 g/mol. The number of anilines is 1. The van der Waals surface area contributed by atoms with E-state index in [1.54, 1.807) is 0 Å². The summed E-state index contributed by atoms with van der Waals surface area (Å²) in [6, 6.07) is 2.04. The number of carbonyl (C=O) groups is 1. The number of pyridine rings is 1. The Hall–Kier alpha value is -2.52. The number of rotatable bonds is 4. The number of ether oxygens (including phenoxy) is 1. The van der Waals surface area contributed by atoms with Gasteiger partial charge in [0.15, 0.2) is 0 Å². The maximum Gasteiger partial charge on any atom is 0.341 e. The molecule has 0 radical (unpaired) electrons. The first kappa shape index (κ1) is 18.5. The Bertz CT molecular complexity index is 1090. The van der Waals surface area contributed by atoms with Gasteiger partial charge in [-0.05, 0) is 18.6 Å². The fraction of sp³-hybridized carbons (Fsp3) is 0.500. The van der Waals surface area contributed by atoms with Crippen LogP contribution in [0.25, 0.3) is 10.9 Å². The van der Waals surface area contributed by atoms with Gasteiger partial charge in [0.1, 0.15) is 23.2 Å². The monoisotopic (exact) mass is 405 g/mol. The molecule has 1 saturated carbocycles. The van der Waals surface area contributed by atoms with Crippen molar-refractivity contribution in [3.63, 3.8) is 0 Å². The number of carboxylic acids is 1. The topological polar surface area (TPSA) is 97.8 Å². The van der Waals surface area contributed by atoms with E-state index in [0.717, 1.165) is 12.5 Å². The summed E-state index contributed by atoms with van der Waals surface area (Å²) in [7, 11) is 0. The molecule has 29 heavy (non-hydrogen) atoms. The molecule has 3 heterocycles. The summed E-state index contributed by atoms with van der Waals surface area (Å²) in [5, 5.41) is 9.27. The lowest BCUT2D eigenvalue weighted by atomic mass is 9.91. The molecule has 1 aromatic heterocycles. The Morgan fingerprint density at radius 2 is 2.17 bits per heavy atom. The second kappa shape index (κ2) is 6.24. The Labute approximate surface area is 164 Å². The summed E-state index contributed by atoms with van der Waals surface area (Å²) in [6.07, 6.45) is 1.14. The molecule has 154 valence electrons. The summed E-state index contributed by atoms with van der Waals surface area (Å²) in [4.78, 5) is 25.9. The zero-order valence-corrected chi connectivity index (χ0v) is 15.6. The Balaban J connectivity index is 1.65. The van der Waals surface area contributed by atoms with Crippen LogP contribution in [0.15, 0.2) is 23.1 Å². The van der Waals surface area contributed by atoms with Crippen LogP contribution < -0.4 is 16.1 Å². The number of benzene rings is 1. The van der Waals surface area contributed by atoms with Crippen LogP contribution in [0, 0.1) is 11.7 Å². The number of hydrogen-bond donors (Lipinski definition) is 2. The van der Waals surface area contributed by atoms with Gasteiger partial charge in [-0.3, -0.25) is 4.79 Å². The van der Waals surface area contributed by atoms with Gasteiger partial charge in [-0.2, -0.15) is 0 Å². The zero-order valence-electron chi connectivity index (χ0n) is 15.6. The number of alkyl halides is 1. The first-order valence-corrected chi connectivity index (χ1v) is 9.69. The van der Waals surface area contributed by atoms with Crippen LogP contribution in [0.5, 0.6) is 0 Å². The fourth-order valence-corrected chi connectivity index (χ4v) is 4.81. The summed E-state index contributed by atoms with van der Waals surface area (Å²) in [6.45, 7) is 1.98. The normalized spacial score (nSPS) is 30.7. The van der Waals surface area contributed by atoms with Crippen molar-refractivity contribution in [2.45, 2.75) is 30.7 Å². The highest BCUT2D eigenvalue weighted by Gasteiger charge is 2.50. The lowest BCUT2D eigenvalue weighted by Gasteiger charge is -2.27. The average Bonchev–Trinajstić information content (AvgIpc) is 3.11. The summed E-state index contributed by atoms with van der Waals surface area (Å²) in [5.41, 5.74) is 4.80. The maximum absolute atomic E-state index is 15.0. The van der Waals surface area contributed by atoms with Gasteiger partial charge in [0.2, 0.25) is 5.43 Å². The lowest BCUT2D eigenvalue weighted by Crippen LogP contribution is -2.44. The van der Waals surface area contributed by atoms with E-state index < -0.39 is 40.6 Å². The third-order valence-electron chi connectivity index (χ3n) is 6.55. The molecule has 4 atom stereocenters. The average molecular weight is 405 g/mol. The van der Waals surface area contributed by atoms with E-state index in [2.05, 4.69) is 0 Å². The Kier molecular flexibility index (Phi) is 3.98. The standard InChI is InChI=1S/C20H21F2N3O4/c21-13-3-11-15(25(17-4-14(17)22)7-12(18(11)26)19(27)28)5-16(13)24-6-10-1-2-29-20(10,8-23)9-24/h3,5,7,10,14,17H,1-2,4,6,8-9,23H2,(H,27,28)/t10?,14-,17+,20?/m0/s1. The fourth-order valence-electron chi connectivity index (χ4n) is 4.81. The van der Waals surface area contributed by atoms with Gasteiger partial charge in [0, 0.05) is 50.2 Å². The quantitative estimate of drug-likeness (QED) is 0.803. The Morgan fingerprint density at radius 1 is 1.41 bits per heavy atom. The van der Waals surface area contributed by atoms with Crippen molar-refractivity contribution in [2.75, 3.05) is 31.1 Å². The van der Waals surface area contributed by atoms with Gasteiger partial charge < -0.3 is 25.0 Å². The third-order valence-corrected chi connectivity index (χ3v) is 6.55. The summed E-state index contributed by atoms with van der Waals surface area (Å²) < 4.78 is 36.2. The molecular formula is C20H21F2N3O4. The van der Waals surface area contributed by atoms with Crippen LogP contribution in [0.2, 0.25) is 0 Å². The van der Waals surface area contributed by atoms with E-state index in [1.807, 2.05) is 4.90 Å². The number of aromatic nitrogens is 1. The Morgan fingerprint density at radius 3 is 2.79 bits per heavy atom. The molecule has 1 aliphatic carbocycles. The minimum Gasteiger partial charge on any atom is -0.477 e. The molecule has 7 nitrogen and oxygen atoms in total. The van der Waals surface area contributed by atoms with Crippen LogP contribution in [-0.4, -0.2) is 53.7 Å². The van der Waals surface area contributed by atoms with Crippen LogP contribution in [0.3, 0.4) is 0 Å². The predicted molar refractivity (Wildman–Crippen MR) is 102 cm³/mol. The largest absolute Gasteiger partial charge is 0.477 e. The van der Waals surface area contributed by atoms with Crippen molar-refractivity contribution in [3.8, 4) is 0 Å². The zero-order chi connectivity index (χ0) is 20.5. The molecule has 3 N–H and O–H groups in total. The molecule has 2 aromatic rings. The van der Waals surface area contributed by atoms with Gasteiger partial charge in [-0.1, -0.05) is 0 Å². The molecule has 9 heteroatoms. The molecule has 0 spiro atoms. The van der Waals surface area contributed by atoms with Crippen LogP contribution in [0.4, 0.5) is 14.5 Å². The van der Waals surface area contributed by atoms with Crippen molar-refractivity contribution in [1.29, 1.82) is 0 Å². The van der Waals surface area contributed by atoms with Crippen LogP contribution >= 0.6 is 0 Å². The third kappa shape index (κ3) is 2.67. The summed E-state index contributed by atoms with van der Waals surface area (Å²) >= 11 is 0.